The predicted molar refractivity (Wildman–Crippen MR) is 120 cm³/mol. The van der Waals surface area contributed by atoms with E-state index in [4.69, 9.17) is 0 Å². The summed E-state index contributed by atoms with van der Waals surface area (Å²) in [6.07, 6.45) is 5.07. The van der Waals surface area contributed by atoms with Crippen LogP contribution in [0.4, 0.5) is 5.69 Å². The van der Waals surface area contributed by atoms with E-state index in [1.165, 1.54) is 23.1 Å². The van der Waals surface area contributed by atoms with E-state index in [0.29, 0.717) is 28.5 Å². The number of fused-ring (bicyclic) bond motifs is 1. The Morgan fingerprint density at radius 2 is 2.20 bits per heavy atom. The van der Waals surface area contributed by atoms with E-state index in [1.54, 1.807) is 35.4 Å². The number of carbonyl (C=O) groups is 1. The third-order valence-electron chi connectivity index (χ3n) is 4.68. The van der Waals surface area contributed by atoms with Crippen molar-refractivity contribution in [3.8, 4) is 5.82 Å². The second-order valence-electron chi connectivity index (χ2n) is 6.77. The number of rotatable bonds is 6. The Morgan fingerprint density at radius 3 is 2.90 bits per heavy atom. The fraction of sp³-hybridized carbons (Fsp3) is 0.250. The first-order valence-electron chi connectivity index (χ1n) is 9.30. The highest BCUT2D eigenvalue weighted by molar-refractivity contribution is 7.99. The van der Waals surface area contributed by atoms with Crippen LogP contribution in [-0.2, 0) is 10.5 Å². The molecule has 4 rings (SSSR count). The number of H-pyrrole nitrogens is 1. The van der Waals surface area contributed by atoms with Gasteiger partial charge in [0.2, 0.25) is 5.91 Å². The second kappa shape index (κ2) is 8.41. The van der Waals surface area contributed by atoms with Gasteiger partial charge >= 0.3 is 0 Å². The molecule has 0 bridgehead atoms. The van der Waals surface area contributed by atoms with E-state index in [0.717, 1.165) is 15.3 Å². The number of aromatic amines is 1. The van der Waals surface area contributed by atoms with Gasteiger partial charge in [0.05, 0.1) is 28.3 Å². The highest BCUT2D eigenvalue weighted by atomic mass is 32.2. The molecular weight excluding hydrogens is 420 g/mol. The number of thioether (sulfide) groups is 1. The normalized spacial score (nSPS) is 12.2. The molecule has 0 radical (unpaired) electrons. The molecule has 0 spiro atoms. The summed E-state index contributed by atoms with van der Waals surface area (Å²) in [6.45, 7) is 5.74. The van der Waals surface area contributed by atoms with Crippen LogP contribution < -0.4 is 10.9 Å². The number of nitrogens with zero attached hydrogens (tertiary/aromatic N) is 4. The number of hydrogen-bond donors (Lipinski definition) is 2. The molecule has 4 aromatic rings. The minimum atomic E-state index is -0.330. The number of aromatic nitrogens is 5. The molecule has 1 amide bonds. The van der Waals surface area contributed by atoms with Crippen LogP contribution in [-0.4, -0.2) is 35.9 Å². The highest BCUT2D eigenvalue weighted by Crippen LogP contribution is 2.26. The lowest BCUT2D eigenvalue weighted by Gasteiger charge is -2.12. The maximum atomic E-state index is 12.5. The first-order valence-corrected chi connectivity index (χ1v) is 11.2. The third-order valence-corrected chi connectivity index (χ3v) is 6.94. The molecule has 154 valence electrons. The summed E-state index contributed by atoms with van der Waals surface area (Å²) in [5.41, 5.74) is 1.46. The van der Waals surface area contributed by atoms with Gasteiger partial charge in [-0.3, -0.25) is 9.59 Å². The van der Waals surface area contributed by atoms with E-state index < -0.39 is 0 Å². The van der Waals surface area contributed by atoms with Crippen LogP contribution in [0.25, 0.3) is 16.0 Å². The Bertz CT molecular complexity index is 1250. The molecule has 8 nitrogen and oxygen atoms in total. The lowest BCUT2D eigenvalue weighted by Crippen LogP contribution is -2.23. The molecule has 0 aromatic carbocycles. The smallest absolute Gasteiger partial charge is 0.259 e. The zero-order valence-electron chi connectivity index (χ0n) is 16.7. The summed E-state index contributed by atoms with van der Waals surface area (Å²) in [6, 6.07) is 5.39. The van der Waals surface area contributed by atoms with Crippen LogP contribution in [0.1, 0.15) is 23.2 Å². The zero-order chi connectivity index (χ0) is 21.3. The van der Waals surface area contributed by atoms with Crippen molar-refractivity contribution in [1.82, 2.24) is 24.7 Å². The number of nitrogens with one attached hydrogen (secondary N) is 2. The molecular formula is C20H20N6O2S2. The predicted octanol–water partition coefficient (Wildman–Crippen LogP) is 3.44. The molecule has 1 atom stereocenters. The van der Waals surface area contributed by atoms with Crippen LogP contribution in [0.15, 0.2) is 41.6 Å². The molecule has 1 unspecified atom stereocenters. The van der Waals surface area contributed by atoms with Crippen molar-refractivity contribution in [2.45, 2.75) is 31.8 Å². The van der Waals surface area contributed by atoms with Crippen molar-refractivity contribution >= 4 is 44.9 Å². The molecule has 4 heterocycles. The molecule has 4 aromatic heterocycles. The van der Waals surface area contributed by atoms with Crippen molar-refractivity contribution in [1.29, 1.82) is 0 Å². The SMILES string of the molecule is Cc1sc2nc(CSC(C)C(=O)Nc3ccc(-n4cccn4)nc3)[nH]c(=O)c2c1C. The quantitative estimate of drug-likeness (QED) is 0.476. The van der Waals surface area contributed by atoms with Crippen LogP contribution in [0.2, 0.25) is 0 Å². The standard InChI is InChI=1S/C20H20N6O2S2/c1-11-12(2)30-20-17(11)19(28)24-15(25-20)10-29-13(3)18(27)23-14-5-6-16(21-9-14)26-8-4-7-22-26/h4-9,13H,10H2,1-3H3,(H,23,27)(H,24,25,28). The van der Waals surface area contributed by atoms with Crippen LogP contribution in [0.3, 0.4) is 0 Å². The number of carbonyl (C=O) groups excluding carboxylic acids is 1. The summed E-state index contributed by atoms with van der Waals surface area (Å²) in [5, 5.41) is 7.31. The Labute approximate surface area is 180 Å². The number of anilines is 1. The molecule has 0 aliphatic heterocycles. The second-order valence-corrected chi connectivity index (χ2v) is 9.31. The largest absolute Gasteiger partial charge is 0.324 e. The molecule has 10 heteroatoms. The van der Waals surface area contributed by atoms with Crippen molar-refractivity contribution in [3.63, 3.8) is 0 Å². The lowest BCUT2D eigenvalue weighted by atomic mass is 10.2. The molecule has 0 saturated heterocycles. The van der Waals surface area contributed by atoms with Gasteiger partial charge < -0.3 is 10.3 Å². The first kappa shape index (κ1) is 20.3. The molecule has 30 heavy (non-hydrogen) atoms. The number of aryl methyl sites for hydroxylation is 2. The van der Waals surface area contributed by atoms with Crippen molar-refractivity contribution < 1.29 is 4.79 Å². The number of thiophene rings is 1. The first-order chi connectivity index (χ1) is 14.4. The minimum Gasteiger partial charge on any atom is -0.324 e. The van der Waals surface area contributed by atoms with Crippen LogP contribution in [0.5, 0.6) is 0 Å². The summed E-state index contributed by atoms with van der Waals surface area (Å²) in [5.74, 6) is 1.54. The van der Waals surface area contributed by atoms with E-state index in [9.17, 15) is 9.59 Å². The number of hydrogen-bond acceptors (Lipinski definition) is 7. The van der Waals surface area contributed by atoms with Crippen molar-refractivity contribution in [2.75, 3.05) is 5.32 Å². The Hall–Kier alpha value is -2.98. The summed E-state index contributed by atoms with van der Waals surface area (Å²) >= 11 is 2.93. The topological polar surface area (TPSA) is 106 Å². The van der Waals surface area contributed by atoms with Gasteiger partial charge in [-0.05, 0) is 44.5 Å². The van der Waals surface area contributed by atoms with E-state index in [-0.39, 0.29) is 16.7 Å². The maximum Gasteiger partial charge on any atom is 0.259 e. The highest BCUT2D eigenvalue weighted by Gasteiger charge is 2.16. The van der Waals surface area contributed by atoms with Crippen LogP contribution in [0, 0.1) is 13.8 Å². The zero-order valence-corrected chi connectivity index (χ0v) is 18.3. The van der Waals surface area contributed by atoms with E-state index in [2.05, 4.69) is 25.4 Å². The minimum absolute atomic E-state index is 0.127. The molecule has 0 saturated carbocycles. The van der Waals surface area contributed by atoms with Gasteiger partial charge in [-0.1, -0.05) is 0 Å². The fourth-order valence-electron chi connectivity index (χ4n) is 2.89. The Balaban J connectivity index is 1.38. The van der Waals surface area contributed by atoms with Crippen molar-refractivity contribution in [2.24, 2.45) is 0 Å². The summed E-state index contributed by atoms with van der Waals surface area (Å²) in [4.78, 5) is 38.4. The maximum absolute atomic E-state index is 12.5. The van der Waals surface area contributed by atoms with E-state index in [1.807, 2.05) is 26.8 Å². The molecule has 0 fully saturated rings. The third kappa shape index (κ3) is 4.14. The van der Waals surface area contributed by atoms with Gasteiger partial charge in [0.1, 0.15) is 10.7 Å². The van der Waals surface area contributed by atoms with Crippen LogP contribution >= 0.6 is 23.1 Å². The van der Waals surface area contributed by atoms with Gasteiger partial charge in [-0.2, -0.15) is 5.10 Å². The van der Waals surface area contributed by atoms with Crippen molar-refractivity contribution in [3.05, 3.63) is 63.4 Å². The van der Waals surface area contributed by atoms with Gasteiger partial charge in [-0.25, -0.2) is 14.6 Å². The average Bonchev–Trinajstić information content (AvgIpc) is 3.35. The van der Waals surface area contributed by atoms with E-state index >= 15 is 0 Å². The van der Waals surface area contributed by atoms with Gasteiger partial charge in [-0.15, -0.1) is 23.1 Å². The van der Waals surface area contributed by atoms with Gasteiger partial charge in [0, 0.05) is 17.3 Å². The fourth-order valence-corrected chi connectivity index (χ4v) is 4.69. The van der Waals surface area contributed by atoms with Gasteiger partial charge in [0.25, 0.3) is 5.56 Å². The lowest BCUT2D eigenvalue weighted by molar-refractivity contribution is -0.115. The number of pyridine rings is 1. The van der Waals surface area contributed by atoms with Gasteiger partial charge in [0.15, 0.2) is 5.82 Å². The summed E-state index contributed by atoms with van der Waals surface area (Å²) < 4.78 is 1.64. The Kier molecular flexibility index (Phi) is 5.69. The summed E-state index contributed by atoms with van der Waals surface area (Å²) in [7, 11) is 0. The Morgan fingerprint density at radius 1 is 1.37 bits per heavy atom. The average molecular weight is 441 g/mol. The molecule has 2 N–H and O–H groups in total. The number of amides is 1. The molecule has 0 aliphatic carbocycles. The molecule has 0 aliphatic rings. The monoisotopic (exact) mass is 440 g/mol.